The molecule has 1 unspecified atom stereocenters. The van der Waals surface area contributed by atoms with Crippen LogP contribution in [0.4, 0.5) is 13.2 Å². The number of nitrogens with zero attached hydrogens (tertiary/aromatic N) is 4. The van der Waals surface area contributed by atoms with Gasteiger partial charge in [-0.15, -0.1) is 0 Å². The molecule has 2 aromatic rings. The second-order valence-electron chi connectivity index (χ2n) is 10.4. The van der Waals surface area contributed by atoms with E-state index in [4.69, 9.17) is 14.7 Å². The van der Waals surface area contributed by atoms with Gasteiger partial charge in [-0.1, -0.05) is 25.7 Å². The average Bonchev–Trinajstić information content (AvgIpc) is 3.32. The molecule has 0 saturated carbocycles. The average molecular weight is 858 g/mol. The number of alkyl halides is 3. The van der Waals surface area contributed by atoms with Crippen molar-refractivity contribution in [2.75, 3.05) is 59.3 Å². The molecule has 2 amide bonds. The number of halogens is 3. The first-order valence-corrected chi connectivity index (χ1v) is 14.3. The molecule has 14 heteroatoms. The van der Waals surface area contributed by atoms with E-state index in [9.17, 15) is 22.8 Å². The minimum absolute atomic E-state index is 0. The summed E-state index contributed by atoms with van der Waals surface area (Å²) < 4.78 is 52.4. The van der Waals surface area contributed by atoms with Crippen molar-refractivity contribution in [2.24, 2.45) is 0 Å². The minimum Gasteiger partial charge on any atom is -0.784 e. The molecule has 1 aromatic heterocycles. The van der Waals surface area contributed by atoms with Gasteiger partial charge in [0, 0.05) is 55.5 Å². The van der Waals surface area contributed by atoms with Crippen molar-refractivity contribution in [3.63, 3.8) is 0 Å². The van der Waals surface area contributed by atoms with E-state index >= 15 is 0 Å². The van der Waals surface area contributed by atoms with Gasteiger partial charge in [-0.3, -0.25) is 19.1 Å². The van der Waals surface area contributed by atoms with E-state index in [2.05, 4.69) is 29.5 Å². The van der Waals surface area contributed by atoms with Gasteiger partial charge in [-0.25, -0.2) is 13.7 Å². The normalized spacial score (nSPS) is 18.7. The van der Waals surface area contributed by atoms with Crippen molar-refractivity contribution < 1.29 is 67.8 Å². The van der Waals surface area contributed by atoms with Crippen molar-refractivity contribution >= 4 is 35.3 Å². The van der Waals surface area contributed by atoms with Crippen LogP contribution in [0.2, 0.25) is 0 Å². The van der Waals surface area contributed by atoms with Gasteiger partial charge in [-0.2, -0.15) is 9.65 Å². The first-order valence-electron chi connectivity index (χ1n) is 13.8. The number of aromatic nitrogens is 1. The number of likely N-dealkylation sites (tertiary alicyclic amines) is 1. The second-order valence-corrected chi connectivity index (χ2v) is 11.1. The number of morpholine rings is 1. The summed E-state index contributed by atoms with van der Waals surface area (Å²) in [5.41, 5.74) is 0.771. The van der Waals surface area contributed by atoms with Crippen LogP contribution < -0.4 is 10.1 Å². The van der Waals surface area contributed by atoms with Crippen molar-refractivity contribution in [2.45, 2.75) is 31.7 Å². The summed E-state index contributed by atoms with van der Waals surface area (Å²) in [6, 6.07) is 7.06. The number of ether oxygens (including phenoxy) is 2. The smallest absolute Gasteiger partial charge is 0.268 e. The Kier molecular flexibility index (Phi) is 15.1. The molecule has 236 valence electrons. The van der Waals surface area contributed by atoms with E-state index in [0.29, 0.717) is 67.0 Å². The van der Waals surface area contributed by atoms with Gasteiger partial charge in [-0.05, 0) is 24.3 Å². The van der Waals surface area contributed by atoms with Gasteiger partial charge in [0.2, 0.25) is 12.7 Å². The van der Waals surface area contributed by atoms with Crippen LogP contribution in [0.25, 0.3) is 10.9 Å². The Morgan fingerprint density at radius 2 is 2.07 bits per heavy atom. The number of rotatable bonds is 10. The predicted octanol–water partition coefficient (Wildman–Crippen LogP) is 3.89. The minimum atomic E-state index is -3.13. The molecule has 0 radical (unpaired) electrons. The maximum Gasteiger partial charge on any atom is 0.268 e. The van der Waals surface area contributed by atoms with E-state index in [1.807, 2.05) is 6.92 Å². The zero-order valence-corrected chi connectivity index (χ0v) is 29.5. The third-order valence-electron chi connectivity index (χ3n) is 7.17. The number of amides is 2. The van der Waals surface area contributed by atoms with Gasteiger partial charge in [0.05, 0.1) is 56.6 Å². The van der Waals surface area contributed by atoms with Crippen molar-refractivity contribution in [1.29, 1.82) is 5.26 Å². The molecule has 1 N–H and O–H groups in total. The van der Waals surface area contributed by atoms with Crippen molar-refractivity contribution in [3.05, 3.63) is 59.7 Å². The number of nitriles is 1. The summed E-state index contributed by atoms with van der Waals surface area (Å²) in [4.78, 5) is 31.2. The number of carbonyl (C=O) groups excluding carboxylic acids is 2. The quantitative estimate of drug-likeness (QED) is 0.127. The Balaban J connectivity index is 0.000000877. The number of quaternary nitrogens is 1. The first kappa shape index (κ1) is 37.5. The molecule has 2 aliphatic rings. The van der Waals surface area contributed by atoms with Gasteiger partial charge in [0.1, 0.15) is 24.9 Å². The molecular weight excluding hydrogens is 821 g/mol. The third kappa shape index (κ3) is 10.7. The SMILES string of the molecule is C=C/C=C(\C)[S-].N#CC1CC(F)(F)CN1C(=O)CNC(=O)c1ccnc2ccc(OCCC[N+]3(CF)CCOCC3)cc12.[U]. The molecular formula is C30H36F3N5O4SU. The van der Waals surface area contributed by atoms with Crippen LogP contribution in [-0.4, -0.2) is 97.5 Å². The summed E-state index contributed by atoms with van der Waals surface area (Å²) >= 11 is 4.67. The molecule has 0 spiro atoms. The number of benzene rings is 1. The molecule has 4 rings (SSSR count). The molecule has 9 nitrogen and oxygen atoms in total. The Labute approximate surface area is 284 Å². The summed E-state index contributed by atoms with van der Waals surface area (Å²) in [5.74, 6) is -3.96. The Bertz CT molecular complexity index is 1360. The second kappa shape index (κ2) is 17.7. The topological polar surface area (TPSA) is 105 Å². The van der Waals surface area contributed by atoms with Crippen LogP contribution in [0.1, 0.15) is 30.1 Å². The van der Waals surface area contributed by atoms with Gasteiger partial charge >= 0.3 is 0 Å². The molecule has 3 heterocycles. The first-order chi connectivity index (χ1) is 20.5. The summed E-state index contributed by atoms with van der Waals surface area (Å²) in [5, 5.41) is 12.0. The van der Waals surface area contributed by atoms with Crippen LogP contribution in [0, 0.1) is 42.4 Å². The number of hydrogen-bond acceptors (Lipinski definition) is 7. The van der Waals surface area contributed by atoms with Gasteiger partial charge in [0.25, 0.3) is 11.8 Å². The van der Waals surface area contributed by atoms with E-state index in [1.54, 1.807) is 36.4 Å². The molecule has 2 saturated heterocycles. The van der Waals surface area contributed by atoms with Crippen LogP contribution in [0.3, 0.4) is 0 Å². The number of hydrogen-bond donors (Lipinski definition) is 1. The van der Waals surface area contributed by atoms with Gasteiger partial charge in [0.15, 0.2) is 0 Å². The molecule has 2 fully saturated rings. The summed E-state index contributed by atoms with van der Waals surface area (Å²) in [7, 11) is 0. The van der Waals surface area contributed by atoms with Gasteiger partial charge < -0.3 is 32.3 Å². The fourth-order valence-electron chi connectivity index (χ4n) is 4.85. The van der Waals surface area contributed by atoms with Crippen LogP contribution in [0.15, 0.2) is 54.1 Å². The molecule has 0 bridgehead atoms. The fraction of sp³-hybridized carbons (Fsp3) is 0.467. The number of fused-ring (bicyclic) bond motifs is 1. The van der Waals surface area contributed by atoms with E-state index in [1.165, 1.54) is 12.3 Å². The number of allylic oxidation sites excluding steroid dienone is 3. The zero-order valence-electron chi connectivity index (χ0n) is 24.6. The monoisotopic (exact) mass is 857 g/mol. The molecule has 1 aromatic carbocycles. The Morgan fingerprint density at radius 3 is 2.68 bits per heavy atom. The zero-order chi connectivity index (χ0) is 31.5. The van der Waals surface area contributed by atoms with Crippen LogP contribution >= 0.6 is 0 Å². The largest absolute Gasteiger partial charge is 0.784 e. The predicted molar refractivity (Wildman–Crippen MR) is 158 cm³/mol. The maximum absolute atomic E-state index is 13.6. The number of carbonyl (C=O) groups is 2. The van der Waals surface area contributed by atoms with E-state index in [0.717, 1.165) is 9.81 Å². The van der Waals surface area contributed by atoms with E-state index in [-0.39, 0.29) is 36.7 Å². The standard InChI is InChI=1S/C25H28F3N5O4.C5H8S.U/c26-17-33(7-10-36-11-8-33)6-1-9-37-19-2-3-22-21(12-19)20(4-5-30-22)24(35)31-15-23(34)32-16-25(27,28)13-18(32)14-29;1-3-4-5(2)6;/h2-5,12,18H,1,6-11,13,15-17H2;3-4,6H,1H2,2H3;/b;5-4+;. The molecule has 2 aliphatic heterocycles. The molecule has 44 heavy (non-hydrogen) atoms. The summed E-state index contributed by atoms with van der Waals surface area (Å²) in [6.07, 6.45) is 4.85. The summed E-state index contributed by atoms with van der Waals surface area (Å²) in [6.45, 7) is 6.86. The maximum atomic E-state index is 13.6. The van der Waals surface area contributed by atoms with Crippen LogP contribution in [-0.2, 0) is 22.2 Å². The van der Waals surface area contributed by atoms with E-state index < -0.39 is 50.1 Å². The third-order valence-corrected chi connectivity index (χ3v) is 7.30. The fourth-order valence-corrected chi connectivity index (χ4v) is 4.95. The molecule has 0 aliphatic carbocycles. The Hall–Kier alpha value is -2.68. The van der Waals surface area contributed by atoms with Crippen molar-refractivity contribution in [3.8, 4) is 11.8 Å². The van der Waals surface area contributed by atoms with Crippen LogP contribution in [0.5, 0.6) is 5.75 Å². The number of nitrogens with one attached hydrogen (secondary N) is 1. The molecule has 1 atom stereocenters. The van der Waals surface area contributed by atoms with Crippen molar-refractivity contribution in [1.82, 2.24) is 15.2 Å². The Morgan fingerprint density at radius 1 is 1.34 bits per heavy atom. The number of pyridine rings is 1.